The highest BCUT2D eigenvalue weighted by Crippen LogP contribution is 2.36. The van der Waals surface area contributed by atoms with Gasteiger partial charge in [0.1, 0.15) is 11.6 Å². The number of halogens is 2. The minimum atomic E-state index is -0.220. The quantitative estimate of drug-likeness (QED) is 0.570. The molecule has 0 bridgehead atoms. The summed E-state index contributed by atoms with van der Waals surface area (Å²) in [5.74, 6) is 0.354. The van der Waals surface area contributed by atoms with Crippen LogP contribution in [0.2, 0.25) is 5.02 Å². The zero-order chi connectivity index (χ0) is 23.4. The van der Waals surface area contributed by atoms with Crippen molar-refractivity contribution in [3.05, 3.63) is 65.1 Å². The minimum absolute atomic E-state index is 0.0748. The van der Waals surface area contributed by atoms with Crippen molar-refractivity contribution >= 4 is 23.2 Å². The van der Waals surface area contributed by atoms with Crippen LogP contribution in [0, 0.1) is 5.82 Å². The zero-order valence-electron chi connectivity index (χ0n) is 18.7. The Morgan fingerprint density at radius 1 is 1.12 bits per heavy atom. The second-order valence-electron chi connectivity index (χ2n) is 8.11. The third kappa shape index (κ3) is 5.71. The van der Waals surface area contributed by atoms with Gasteiger partial charge in [0, 0.05) is 51.0 Å². The molecule has 2 aromatic carbocycles. The normalized spacial score (nSPS) is 14.9. The Labute approximate surface area is 197 Å². The van der Waals surface area contributed by atoms with E-state index >= 15 is 0 Å². The highest BCUT2D eigenvalue weighted by molar-refractivity contribution is 6.33. The van der Waals surface area contributed by atoms with Gasteiger partial charge in [-0.2, -0.15) is 5.10 Å². The molecule has 0 aliphatic carbocycles. The summed E-state index contributed by atoms with van der Waals surface area (Å²) in [6.45, 7) is 4.41. The molecule has 1 aromatic heterocycles. The van der Waals surface area contributed by atoms with Crippen molar-refractivity contribution < 1.29 is 13.9 Å². The fourth-order valence-electron chi connectivity index (χ4n) is 4.04. The van der Waals surface area contributed by atoms with Gasteiger partial charge in [0.2, 0.25) is 5.91 Å². The first-order valence-electron chi connectivity index (χ1n) is 10.8. The Bertz CT molecular complexity index is 1090. The van der Waals surface area contributed by atoms with Gasteiger partial charge >= 0.3 is 0 Å². The van der Waals surface area contributed by atoms with Crippen LogP contribution in [0.3, 0.4) is 0 Å². The van der Waals surface area contributed by atoms with Crippen molar-refractivity contribution in [3.63, 3.8) is 0 Å². The number of aryl methyl sites for hydroxylation is 1. The summed E-state index contributed by atoms with van der Waals surface area (Å²) < 4.78 is 20.2. The molecular weight excluding hydrogens is 445 g/mol. The van der Waals surface area contributed by atoms with Gasteiger partial charge < -0.3 is 10.1 Å². The van der Waals surface area contributed by atoms with Crippen LogP contribution >= 0.6 is 11.6 Å². The highest BCUT2D eigenvalue weighted by atomic mass is 35.5. The van der Waals surface area contributed by atoms with Crippen LogP contribution in [-0.4, -0.2) is 65.3 Å². The number of hydrogen-bond donors (Lipinski definition) is 1. The Hall–Kier alpha value is -2.94. The van der Waals surface area contributed by atoms with Gasteiger partial charge in [-0.25, -0.2) is 4.39 Å². The number of carbonyl (C=O) groups is 1. The maximum absolute atomic E-state index is 13.1. The van der Waals surface area contributed by atoms with Crippen molar-refractivity contribution in [2.24, 2.45) is 7.05 Å². The molecule has 0 saturated carbocycles. The van der Waals surface area contributed by atoms with Crippen LogP contribution in [0.1, 0.15) is 5.56 Å². The summed E-state index contributed by atoms with van der Waals surface area (Å²) in [6, 6.07) is 12.1. The van der Waals surface area contributed by atoms with Crippen LogP contribution < -0.4 is 10.1 Å². The fourth-order valence-corrected chi connectivity index (χ4v) is 4.31. The first-order valence-corrected chi connectivity index (χ1v) is 11.2. The Morgan fingerprint density at radius 2 is 1.82 bits per heavy atom. The maximum atomic E-state index is 13.1. The van der Waals surface area contributed by atoms with Crippen LogP contribution in [0.25, 0.3) is 11.3 Å². The van der Waals surface area contributed by atoms with Crippen LogP contribution in [-0.2, 0) is 18.4 Å². The molecule has 0 unspecified atom stereocenters. The molecule has 2 heterocycles. The number of nitrogens with zero attached hydrogens (tertiary/aromatic N) is 4. The molecule has 4 rings (SSSR count). The maximum Gasteiger partial charge on any atom is 0.238 e. The van der Waals surface area contributed by atoms with Gasteiger partial charge in [-0.3, -0.25) is 19.3 Å². The molecule has 1 aliphatic heterocycles. The van der Waals surface area contributed by atoms with E-state index in [1.165, 1.54) is 12.1 Å². The smallest absolute Gasteiger partial charge is 0.238 e. The lowest BCUT2D eigenvalue weighted by Gasteiger charge is -2.34. The number of anilines is 1. The van der Waals surface area contributed by atoms with E-state index in [0.717, 1.165) is 49.5 Å². The number of methoxy groups -OCH3 is 1. The summed E-state index contributed by atoms with van der Waals surface area (Å²) in [5, 5.41) is 7.68. The van der Waals surface area contributed by atoms with Gasteiger partial charge in [-0.15, -0.1) is 0 Å². The number of ether oxygens (including phenoxy) is 1. The van der Waals surface area contributed by atoms with E-state index in [4.69, 9.17) is 16.3 Å². The standard InChI is InChI=1S/C24H27ClFN5O2/c1-29-24(21(25)14-27-29)20-13-19(7-8-22(20)33-2)28-23(32)16-31-11-9-30(10-12-31)15-17-3-5-18(26)6-4-17/h3-8,13-14H,9-12,15-16H2,1-2H3,(H,28,32). The average molecular weight is 472 g/mol. The van der Waals surface area contributed by atoms with E-state index in [0.29, 0.717) is 23.0 Å². The first-order chi connectivity index (χ1) is 15.9. The number of aromatic nitrogens is 2. The van der Waals surface area contributed by atoms with Crippen molar-refractivity contribution in [1.82, 2.24) is 19.6 Å². The molecule has 0 radical (unpaired) electrons. The van der Waals surface area contributed by atoms with Gasteiger partial charge in [-0.05, 0) is 35.9 Å². The minimum Gasteiger partial charge on any atom is -0.496 e. The summed E-state index contributed by atoms with van der Waals surface area (Å²) in [7, 11) is 3.40. The number of carbonyl (C=O) groups excluding carboxylic acids is 1. The SMILES string of the molecule is COc1ccc(NC(=O)CN2CCN(Cc3ccc(F)cc3)CC2)cc1-c1c(Cl)cnn1C. The molecule has 1 saturated heterocycles. The largest absolute Gasteiger partial charge is 0.496 e. The number of hydrogen-bond acceptors (Lipinski definition) is 5. The molecule has 0 spiro atoms. The van der Waals surface area contributed by atoms with E-state index in [-0.39, 0.29) is 11.7 Å². The fraction of sp³-hybridized carbons (Fsp3) is 0.333. The Balaban J connectivity index is 1.33. The lowest BCUT2D eigenvalue weighted by molar-refractivity contribution is -0.117. The lowest BCUT2D eigenvalue weighted by Crippen LogP contribution is -2.48. The Kier molecular flexibility index (Phi) is 7.27. The third-order valence-electron chi connectivity index (χ3n) is 5.78. The van der Waals surface area contributed by atoms with Crippen molar-refractivity contribution in [2.45, 2.75) is 6.54 Å². The molecule has 1 N–H and O–H groups in total. The van der Waals surface area contributed by atoms with Crippen molar-refractivity contribution in [3.8, 4) is 17.0 Å². The van der Waals surface area contributed by atoms with Crippen molar-refractivity contribution in [2.75, 3.05) is 45.2 Å². The molecule has 0 atom stereocenters. The van der Waals surface area contributed by atoms with E-state index in [2.05, 4.69) is 20.2 Å². The van der Waals surface area contributed by atoms with Gasteiger partial charge in [0.15, 0.2) is 0 Å². The van der Waals surface area contributed by atoms with Crippen LogP contribution in [0.15, 0.2) is 48.7 Å². The number of nitrogens with one attached hydrogen (secondary N) is 1. The predicted octanol–water partition coefficient (Wildman–Crippen LogP) is 3.64. The van der Waals surface area contributed by atoms with Gasteiger partial charge in [0.25, 0.3) is 0 Å². The number of piperazine rings is 1. The topological polar surface area (TPSA) is 62.6 Å². The first kappa shape index (κ1) is 23.2. The second kappa shape index (κ2) is 10.3. The summed E-state index contributed by atoms with van der Waals surface area (Å²) in [5.41, 5.74) is 3.24. The molecule has 1 fully saturated rings. The van der Waals surface area contributed by atoms with Gasteiger partial charge in [0.05, 0.1) is 30.6 Å². The molecule has 1 aliphatic rings. The molecule has 3 aromatic rings. The highest BCUT2D eigenvalue weighted by Gasteiger charge is 2.20. The number of rotatable bonds is 7. The zero-order valence-corrected chi connectivity index (χ0v) is 19.5. The molecule has 33 heavy (non-hydrogen) atoms. The van der Waals surface area contributed by atoms with Gasteiger partial charge in [-0.1, -0.05) is 23.7 Å². The van der Waals surface area contributed by atoms with Crippen LogP contribution in [0.5, 0.6) is 5.75 Å². The van der Waals surface area contributed by atoms with Crippen molar-refractivity contribution in [1.29, 1.82) is 0 Å². The van der Waals surface area contributed by atoms with Crippen LogP contribution in [0.4, 0.5) is 10.1 Å². The van der Waals surface area contributed by atoms with E-state index in [1.54, 1.807) is 18.0 Å². The number of benzene rings is 2. The monoisotopic (exact) mass is 471 g/mol. The molecule has 7 nitrogen and oxygen atoms in total. The molecule has 1 amide bonds. The molecule has 9 heteroatoms. The summed E-state index contributed by atoms with van der Waals surface area (Å²) >= 11 is 6.31. The van der Waals surface area contributed by atoms with E-state index < -0.39 is 0 Å². The Morgan fingerprint density at radius 3 is 2.45 bits per heavy atom. The predicted molar refractivity (Wildman–Crippen MR) is 127 cm³/mol. The average Bonchev–Trinajstić information content (AvgIpc) is 3.14. The number of amides is 1. The lowest BCUT2D eigenvalue weighted by atomic mass is 10.1. The van der Waals surface area contributed by atoms with E-state index in [9.17, 15) is 9.18 Å². The molecule has 174 valence electrons. The third-order valence-corrected chi connectivity index (χ3v) is 6.06. The molecular formula is C24H27ClFN5O2. The summed E-state index contributed by atoms with van der Waals surface area (Å²) in [6.07, 6.45) is 1.58. The second-order valence-corrected chi connectivity index (χ2v) is 8.51. The summed E-state index contributed by atoms with van der Waals surface area (Å²) in [4.78, 5) is 17.1. The van der Waals surface area contributed by atoms with E-state index in [1.807, 2.05) is 37.4 Å².